The van der Waals surface area contributed by atoms with E-state index in [-0.39, 0.29) is 5.82 Å². The molecular formula is C15H17FN2O. The van der Waals surface area contributed by atoms with Gasteiger partial charge >= 0.3 is 0 Å². The summed E-state index contributed by atoms with van der Waals surface area (Å²) < 4.78 is 18.9. The van der Waals surface area contributed by atoms with E-state index in [0.29, 0.717) is 29.3 Å². The van der Waals surface area contributed by atoms with E-state index in [1.165, 1.54) is 6.07 Å². The van der Waals surface area contributed by atoms with Crippen LogP contribution in [-0.4, -0.2) is 6.61 Å². The monoisotopic (exact) mass is 260 g/mol. The summed E-state index contributed by atoms with van der Waals surface area (Å²) >= 11 is 0. The Kier molecular flexibility index (Phi) is 3.90. The molecule has 100 valence electrons. The Bertz CT molecular complexity index is 584. The highest BCUT2D eigenvalue weighted by Gasteiger charge is 2.05. The lowest BCUT2D eigenvalue weighted by Crippen LogP contribution is -1.98. The zero-order valence-corrected chi connectivity index (χ0v) is 11.0. The first-order valence-electron chi connectivity index (χ1n) is 6.15. The maximum atomic E-state index is 13.5. The third-order valence-corrected chi connectivity index (χ3v) is 2.79. The lowest BCUT2D eigenvalue weighted by atomic mass is 10.1. The van der Waals surface area contributed by atoms with Gasteiger partial charge in [-0.15, -0.1) is 0 Å². The van der Waals surface area contributed by atoms with Gasteiger partial charge in [-0.1, -0.05) is 6.07 Å². The number of hydrogen-bond donors (Lipinski definition) is 2. The van der Waals surface area contributed by atoms with Gasteiger partial charge in [0, 0.05) is 34.8 Å². The number of hydrogen-bond acceptors (Lipinski definition) is 3. The van der Waals surface area contributed by atoms with E-state index in [2.05, 4.69) is 5.32 Å². The molecular weight excluding hydrogens is 243 g/mol. The van der Waals surface area contributed by atoms with Gasteiger partial charge in [0.1, 0.15) is 11.6 Å². The SMILES string of the molecule is CCOc1cc(N)cc(Nc2cccc(F)c2C)c1. The van der Waals surface area contributed by atoms with Gasteiger partial charge < -0.3 is 15.8 Å². The Morgan fingerprint density at radius 3 is 2.79 bits per heavy atom. The molecule has 3 nitrogen and oxygen atoms in total. The minimum absolute atomic E-state index is 0.237. The molecule has 0 saturated heterocycles. The zero-order chi connectivity index (χ0) is 13.8. The molecule has 19 heavy (non-hydrogen) atoms. The van der Waals surface area contributed by atoms with E-state index in [9.17, 15) is 4.39 Å². The van der Waals surface area contributed by atoms with Crippen LogP contribution in [0.3, 0.4) is 0 Å². The minimum atomic E-state index is -0.237. The van der Waals surface area contributed by atoms with Crippen LogP contribution in [-0.2, 0) is 0 Å². The Balaban J connectivity index is 2.30. The third kappa shape index (κ3) is 3.16. The van der Waals surface area contributed by atoms with Gasteiger partial charge in [0.2, 0.25) is 0 Å². The molecule has 0 fully saturated rings. The lowest BCUT2D eigenvalue weighted by molar-refractivity contribution is 0.340. The smallest absolute Gasteiger partial charge is 0.128 e. The third-order valence-electron chi connectivity index (χ3n) is 2.79. The largest absolute Gasteiger partial charge is 0.494 e. The second kappa shape index (κ2) is 5.61. The van der Waals surface area contributed by atoms with Crippen LogP contribution in [0, 0.1) is 12.7 Å². The first-order chi connectivity index (χ1) is 9.10. The summed E-state index contributed by atoms with van der Waals surface area (Å²) in [7, 11) is 0. The van der Waals surface area contributed by atoms with Gasteiger partial charge in [-0.2, -0.15) is 0 Å². The van der Waals surface area contributed by atoms with Crippen molar-refractivity contribution in [2.75, 3.05) is 17.7 Å². The Morgan fingerprint density at radius 1 is 1.26 bits per heavy atom. The van der Waals surface area contributed by atoms with Crippen molar-refractivity contribution in [1.29, 1.82) is 0 Å². The summed E-state index contributed by atoms with van der Waals surface area (Å²) in [5, 5.41) is 3.15. The zero-order valence-electron chi connectivity index (χ0n) is 11.0. The highest BCUT2D eigenvalue weighted by atomic mass is 19.1. The molecule has 3 N–H and O–H groups in total. The van der Waals surface area contributed by atoms with Gasteiger partial charge in [-0.25, -0.2) is 4.39 Å². The molecule has 0 unspecified atom stereocenters. The second-order valence-corrected chi connectivity index (χ2v) is 4.26. The summed E-state index contributed by atoms with van der Waals surface area (Å²) in [5.41, 5.74) is 8.48. The molecule has 0 amide bonds. The number of ether oxygens (including phenoxy) is 1. The number of anilines is 3. The summed E-state index contributed by atoms with van der Waals surface area (Å²) in [6.45, 7) is 4.21. The molecule has 0 aliphatic rings. The van der Waals surface area contributed by atoms with Crippen molar-refractivity contribution in [1.82, 2.24) is 0 Å². The van der Waals surface area contributed by atoms with Crippen molar-refractivity contribution in [2.24, 2.45) is 0 Å². The van der Waals surface area contributed by atoms with Crippen LogP contribution < -0.4 is 15.8 Å². The van der Waals surface area contributed by atoms with Gasteiger partial charge in [-0.3, -0.25) is 0 Å². The molecule has 2 aromatic carbocycles. The van der Waals surface area contributed by atoms with Gasteiger partial charge in [0.05, 0.1) is 6.61 Å². The Labute approximate surface area is 112 Å². The molecule has 2 aromatic rings. The maximum absolute atomic E-state index is 13.5. The lowest BCUT2D eigenvalue weighted by Gasteiger charge is -2.12. The van der Waals surface area contributed by atoms with E-state index in [4.69, 9.17) is 10.5 Å². The number of halogens is 1. The standard InChI is InChI=1S/C15H17FN2O/c1-3-19-13-8-11(17)7-12(9-13)18-15-6-4-5-14(16)10(15)2/h4-9,18H,3,17H2,1-2H3. The summed E-state index contributed by atoms with van der Waals surface area (Å²) in [5.74, 6) is 0.456. The molecule has 0 atom stereocenters. The van der Waals surface area contributed by atoms with Crippen LogP contribution in [0.1, 0.15) is 12.5 Å². The first kappa shape index (κ1) is 13.2. The fraction of sp³-hybridized carbons (Fsp3) is 0.200. The van der Waals surface area contributed by atoms with E-state index >= 15 is 0 Å². The molecule has 4 heteroatoms. The Hall–Kier alpha value is -2.23. The van der Waals surface area contributed by atoms with Crippen LogP contribution in [0.25, 0.3) is 0 Å². The van der Waals surface area contributed by atoms with Crippen LogP contribution in [0.2, 0.25) is 0 Å². The first-order valence-corrected chi connectivity index (χ1v) is 6.15. The molecule has 0 bridgehead atoms. The highest BCUT2D eigenvalue weighted by Crippen LogP contribution is 2.27. The van der Waals surface area contributed by atoms with Crippen LogP contribution in [0.4, 0.5) is 21.5 Å². The normalized spacial score (nSPS) is 10.3. The van der Waals surface area contributed by atoms with E-state index in [1.54, 1.807) is 25.1 Å². The maximum Gasteiger partial charge on any atom is 0.128 e. The summed E-state index contributed by atoms with van der Waals surface area (Å²) in [4.78, 5) is 0. The quantitative estimate of drug-likeness (QED) is 0.821. The number of rotatable bonds is 4. The second-order valence-electron chi connectivity index (χ2n) is 4.26. The van der Waals surface area contributed by atoms with Crippen LogP contribution >= 0.6 is 0 Å². The molecule has 0 spiro atoms. The van der Waals surface area contributed by atoms with Crippen molar-refractivity contribution in [3.63, 3.8) is 0 Å². The molecule has 0 heterocycles. The topological polar surface area (TPSA) is 47.3 Å². The van der Waals surface area contributed by atoms with Gasteiger partial charge in [-0.05, 0) is 32.0 Å². The molecule has 0 aliphatic heterocycles. The predicted molar refractivity (Wildman–Crippen MR) is 76.4 cm³/mol. The van der Waals surface area contributed by atoms with Crippen LogP contribution in [0.5, 0.6) is 5.75 Å². The molecule has 0 radical (unpaired) electrons. The van der Waals surface area contributed by atoms with Crippen LogP contribution in [0.15, 0.2) is 36.4 Å². The van der Waals surface area contributed by atoms with E-state index < -0.39 is 0 Å². The molecule has 0 aliphatic carbocycles. The minimum Gasteiger partial charge on any atom is -0.494 e. The fourth-order valence-electron chi connectivity index (χ4n) is 1.84. The predicted octanol–water partition coefficient (Wildman–Crippen LogP) is 3.86. The van der Waals surface area contributed by atoms with E-state index in [0.717, 1.165) is 5.69 Å². The summed E-state index contributed by atoms with van der Waals surface area (Å²) in [6, 6.07) is 10.3. The van der Waals surface area contributed by atoms with Crippen molar-refractivity contribution in [3.8, 4) is 5.75 Å². The average Bonchev–Trinajstić information content (AvgIpc) is 2.35. The fourth-order valence-corrected chi connectivity index (χ4v) is 1.84. The molecule has 2 rings (SSSR count). The van der Waals surface area contributed by atoms with E-state index in [1.807, 2.05) is 19.1 Å². The number of nitrogens with two attached hydrogens (primary N) is 1. The number of nitrogen functional groups attached to an aromatic ring is 1. The highest BCUT2D eigenvalue weighted by molar-refractivity contribution is 5.68. The number of benzene rings is 2. The molecule has 0 aromatic heterocycles. The van der Waals surface area contributed by atoms with Gasteiger partial charge in [0.15, 0.2) is 0 Å². The summed E-state index contributed by atoms with van der Waals surface area (Å²) in [6.07, 6.45) is 0. The average molecular weight is 260 g/mol. The molecule has 0 saturated carbocycles. The van der Waals surface area contributed by atoms with Crippen molar-refractivity contribution in [3.05, 3.63) is 47.8 Å². The Morgan fingerprint density at radius 2 is 2.05 bits per heavy atom. The number of nitrogens with one attached hydrogen (secondary N) is 1. The van der Waals surface area contributed by atoms with Crippen molar-refractivity contribution >= 4 is 17.1 Å². The van der Waals surface area contributed by atoms with Crippen molar-refractivity contribution < 1.29 is 9.13 Å². The van der Waals surface area contributed by atoms with Gasteiger partial charge in [0.25, 0.3) is 0 Å². The van der Waals surface area contributed by atoms with Crippen molar-refractivity contribution in [2.45, 2.75) is 13.8 Å².